The van der Waals surface area contributed by atoms with E-state index in [0.29, 0.717) is 18.6 Å². The van der Waals surface area contributed by atoms with E-state index < -0.39 is 65.2 Å². The average Bonchev–Trinajstić information content (AvgIpc) is 2.67. The standard InChI is InChI=1S/C20H20I2O9/c1-13(23)28-21(29-14(2)24)17-5-9-19(10-6-17)27-20-11-7-18(8-12-20)22(30-15(3)25)31-16(4)26/h5-12H,1-4H3. The van der Waals surface area contributed by atoms with Gasteiger partial charge in [0, 0.05) is 0 Å². The minimum atomic E-state index is -2.89. The van der Waals surface area contributed by atoms with Gasteiger partial charge in [-0.3, -0.25) is 0 Å². The Balaban J connectivity index is 2.10. The Morgan fingerprint density at radius 1 is 0.516 bits per heavy atom. The van der Waals surface area contributed by atoms with E-state index in [9.17, 15) is 19.2 Å². The van der Waals surface area contributed by atoms with Crippen molar-refractivity contribution in [1.29, 1.82) is 0 Å². The summed E-state index contributed by atoms with van der Waals surface area (Å²) in [7, 11) is 0. The first-order valence-electron chi connectivity index (χ1n) is 8.68. The molecule has 0 saturated heterocycles. The molecule has 168 valence electrons. The summed E-state index contributed by atoms with van der Waals surface area (Å²) in [5.41, 5.74) is 0. The number of rotatable bonds is 8. The molecule has 0 unspecified atom stereocenters. The van der Waals surface area contributed by atoms with E-state index in [0.717, 1.165) is 0 Å². The summed E-state index contributed by atoms with van der Waals surface area (Å²) in [5, 5.41) is 0. The van der Waals surface area contributed by atoms with Crippen molar-refractivity contribution < 1.29 is 36.2 Å². The number of carbonyl (C=O) groups excluding carboxylic acids is 4. The summed E-state index contributed by atoms with van der Waals surface area (Å²) in [5.74, 6) is -1.05. The van der Waals surface area contributed by atoms with Gasteiger partial charge in [0.15, 0.2) is 0 Å². The molecule has 31 heavy (non-hydrogen) atoms. The molecule has 0 aliphatic carbocycles. The second-order valence-corrected chi connectivity index (χ2v) is 12.5. The van der Waals surface area contributed by atoms with Crippen LogP contribution in [0.3, 0.4) is 0 Å². The molecular weight excluding hydrogens is 638 g/mol. The number of ether oxygens (including phenoxy) is 1. The number of carbonyl (C=O) groups is 4. The van der Waals surface area contributed by atoms with Crippen molar-refractivity contribution in [2.45, 2.75) is 27.7 Å². The minimum absolute atomic E-state index is 0.508. The van der Waals surface area contributed by atoms with Crippen molar-refractivity contribution in [3.8, 4) is 11.5 Å². The molecule has 2 aromatic rings. The molecule has 0 atom stereocenters. The Kier molecular flexibility index (Phi) is 9.48. The van der Waals surface area contributed by atoms with Gasteiger partial charge in [0.05, 0.1) is 0 Å². The van der Waals surface area contributed by atoms with Crippen LogP contribution in [0.5, 0.6) is 11.5 Å². The molecule has 0 amide bonds. The van der Waals surface area contributed by atoms with Gasteiger partial charge in [-0.25, -0.2) is 0 Å². The van der Waals surface area contributed by atoms with Crippen LogP contribution in [-0.4, -0.2) is 23.9 Å². The first-order valence-corrected chi connectivity index (χ1v) is 14.4. The fourth-order valence-electron chi connectivity index (χ4n) is 1.95. The van der Waals surface area contributed by atoms with E-state index >= 15 is 0 Å². The van der Waals surface area contributed by atoms with Gasteiger partial charge in [0.2, 0.25) is 0 Å². The van der Waals surface area contributed by atoms with Crippen LogP contribution in [0.1, 0.15) is 27.7 Å². The zero-order valence-electron chi connectivity index (χ0n) is 17.0. The summed E-state index contributed by atoms with van der Waals surface area (Å²) in [6.45, 7) is 5.02. The van der Waals surface area contributed by atoms with E-state index in [1.54, 1.807) is 48.5 Å². The van der Waals surface area contributed by atoms with Crippen molar-refractivity contribution in [2.75, 3.05) is 0 Å². The molecule has 11 heteroatoms. The molecule has 0 fully saturated rings. The summed E-state index contributed by atoms with van der Waals surface area (Å²) >= 11 is -5.77. The Morgan fingerprint density at radius 3 is 1.00 bits per heavy atom. The Bertz CT molecular complexity index is 833. The molecule has 0 saturated carbocycles. The van der Waals surface area contributed by atoms with Crippen LogP contribution < -0.4 is 4.74 Å². The van der Waals surface area contributed by atoms with Gasteiger partial charge in [-0.2, -0.15) is 0 Å². The number of hydrogen-bond acceptors (Lipinski definition) is 9. The monoisotopic (exact) mass is 658 g/mol. The predicted octanol–water partition coefficient (Wildman–Crippen LogP) is 4.74. The molecule has 0 radical (unpaired) electrons. The SMILES string of the molecule is CC(=O)OI(OC(C)=O)c1ccc(Oc2ccc(I(OC(C)=O)OC(C)=O)cc2)cc1. The van der Waals surface area contributed by atoms with Crippen LogP contribution in [0.4, 0.5) is 0 Å². The molecule has 0 N–H and O–H groups in total. The quantitative estimate of drug-likeness (QED) is 0.371. The molecule has 0 aliphatic rings. The van der Waals surface area contributed by atoms with Crippen LogP contribution in [0, 0.1) is 7.14 Å². The zero-order valence-corrected chi connectivity index (χ0v) is 21.4. The van der Waals surface area contributed by atoms with Crippen LogP contribution in [0.25, 0.3) is 0 Å². The average molecular weight is 658 g/mol. The molecule has 2 aromatic carbocycles. The summed E-state index contributed by atoms with van der Waals surface area (Å²) in [6.07, 6.45) is 0. The van der Waals surface area contributed by atoms with Crippen molar-refractivity contribution >= 4 is 65.2 Å². The van der Waals surface area contributed by atoms with Crippen LogP contribution in [-0.2, 0) is 31.4 Å². The fraction of sp³-hybridized carbons (Fsp3) is 0.200. The molecule has 0 heterocycles. The first kappa shape index (κ1) is 24.8. The normalized spacial score (nSPS) is 11.0. The second kappa shape index (κ2) is 11.8. The van der Waals surface area contributed by atoms with Gasteiger partial charge in [0.1, 0.15) is 0 Å². The van der Waals surface area contributed by atoms with Crippen LogP contribution in [0.15, 0.2) is 48.5 Å². The van der Waals surface area contributed by atoms with Gasteiger partial charge in [-0.15, -0.1) is 0 Å². The van der Waals surface area contributed by atoms with Gasteiger partial charge in [-0.05, 0) is 0 Å². The summed E-state index contributed by atoms with van der Waals surface area (Å²) in [4.78, 5) is 45.0. The molecule has 0 aromatic heterocycles. The van der Waals surface area contributed by atoms with Crippen molar-refractivity contribution in [3.05, 3.63) is 55.7 Å². The van der Waals surface area contributed by atoms with Crippen molar-refractivity contribution in [3.63, 3.8) is 0 Å². The molecule has 0 bridgehead atoms. The third kappa shape index (κ3) is 8.69. The Morgan fingerprint density at radius 2 is 0.774 bits per heavy atom. The maximum atomic E-state index is 11.3. The second-order valence-electron chi connectivity index (χ2n) is 5.72. The van der Waals surface area contributed by atoms with Gasteiger partial charge in [-0.1, -0.05) is 0 Å². The molecule has 2 rings (SSSR count). The van der Waals surface area contributed by atoms with E-state index in [1.807, 2.05) is 0 Å². The zero-order chi connectivity index (χ0) is 23.0. The van der Waals surface area contributed by atoms with Crippen molar-refractivity contribution in [1.82, 2.24) is 0 Å². The van der Waals surface area contributed by atoms with Gasteiger partial charge >= 0.3 is 196 Å². The maximum absolute atomic E-state index is 11.3. The molecule has 0 aliphatic heterocycles. The van der Waals surface area contributed by atoms with Crippen molar-refractivity contribution in [2.24, 2.45) is 0 Å². The summed E-state index contributed by atoms with van der Waals surface area (Å²) < 4.78 is 27.7. The fourth-order valence-corrected chi connectivity index (χ4v) is 7.30. The first-order chi connectivity index (χ1) is 14.6. The Labute approximate surface area is 195 Å². The van der Waals surface area contributed by atoms with Crippen LogP contribution >= 0.6 is 41.3 Å². The molecule has 9 nitrogen and oxygen atoms in total. The molecule has 0 spiro atoms. The third-order valence-electron chi connectivity index (χ3n) is 2.93. The predicted molar refractivity (Wildman–Crippen MR) is 125 cm³/mol. The van der Waals surface area contributed by atoms with E-state index in [4.69, 9.17) is 17.0 Å². The van der Waals surface area contributed by atoms with E-state index in [1.165, 1.54) is 27.7 Å². The number of benzene rings is 2. The number of halogens is 2. The van der Waals surface area contributed by atoms with E-state index in [2.05, 4.69) is 0 Å². The topological polar surface area (TPSA) is 114 Å². The van der Waals surface area contributed by atoms with Gasteiger partial charge < -0.3 is 0 Å². The van der Waals surface area contributed by atoms with Crippen LogP contribution in [0.2, 0.25) is 0 Å². The molecular formula is C20H20I2O9. The van der Waals surface area contributed by atoms with E-state index in [-0.39, 0.29) is 0 Å². The van der Waals surface area contributed by atoms with Gasteiger partial charge in [0.25, 0.3) is 0 Å². The number of hydrogen-bond donors (Lipinski definition) is 0. The third-order valence-corrected chi connectivity index (χ3v) is 10.5. The Hall–Kier alpha value is -2.42. The summed E-state index contributed by atoms with van der Waals surface area (Å²) in [6, 6.07) is 13.3.